The minimum absolute atomic E-state index is 0.0896. The van der Waals surface area contributed by atoms with Crippen LogP contribution in [0.4, 0.5) is 17.1 Å². The van der Waals surface area contributed by atoms with Crippen LogP contribution in [0.25, 0.3) is 27.8 Å². The maximum Gasteiger partial charge on any atom is 0.151 e. The summed E-state index contributed by atoms with van der Waals surface area (Å²) in [5.74, 6) is 3.64. The zero-order chi connectivity index (χ0) is 35.5. The molecule has 1 heterocycles. The zero-order valence-corrected chi connectivity index (χ0v) is 29.6. The number of hydrogen-bond donors (Lipinski definition) is 0. The molecular formula is C51H33NO2. The monoisotopic (exact) mass is 691 g/mol. The number of nitrogens with zero attached hydrogens (tertiary/aromatic N) is 1. The fraction of sp³-hybridized carbons (Fsp3) is 0.0588. The number of para-hydroxylation sites is 5. The lowest BCUT2D eigenvalue weighted by molar-refractivity contribution is 0.472. The van der Waals surface area contributed by atoms with Crippen LogP contribution in [0.5, 0.6) is 23.0 Å². The molecule has 254 valence electrons. The summed E-state index contributed by atoms with van der Waals surface area (Å²) in [6.45, 7) is 2.12. The van der Waals surface area contributed by atoms with Crippen molar-refractivity contribution in [2.75, 3.05) is 4.90 Å². The standard InChI is InChI=1S/C51H33NO2/c1-31-12-2-9-19-44(31)53-47-29-28-38-36-27-24-33(32-22-25-34(26-23-32)52-42-17-7-10-20-45(42)54-46-21-11-8-18-43(46)52)30-41(36)51-40-16-6-5-13-35(40)37-14-3-4-15-39(49(37)51)48(47)50(38)51/h2-30,39H,1H3. The van der Waals surface area contributed by atoms with Gasteiger partial charge in [-0.1, -0.05) is 121 Å². The molecule has 0 amide bonds. The summed E-state index contributed by atoms with van der Waals surface area (Å²) in [6.07, 6.45) is 9.15. The molecule has 54 heavy (non-hydrogen) atoms. The number of allylic oxidation sites excluding steroid dienone is 6. The molecule has 0 saturated heterocycles. The first-order valence-electron chi connectivity index (χ1n) is 18.7. The van der Waals surface area contributed by atoms with Crippen LogP contribution >= 0.6 is 0 Å². The SMILES string of the molecule is Cc1ccccc1Oc1ccc2c3c1C1C=CC=CC4=C1C3(c1ccccc14)c1cc(-c3ccc(N4c5ccccc5Oc5ccccc54)cc3)ccc1-2. The third-order valence-electron chi connectivity index (χ3n) is 12.1. The summed E-state index contributed by atoms with van der Waals surface area (Å²) in [4.78, 5) is 2.30. The molecule has 0 radical (unpaired) electrons. The van der Waals surface area contributed by atoms with Crippen molar-refractivity contribution in [3.63, 3.8) is 0 Å². The number of benzene rings is 7. The molecule has 3 heteroatoms. The van der Waals surface area contributed by atoms with Gasteiger partial charge >= 0.3 is 0 Å². The van der Waals surface area contributed by atoms with Crippen LogP contribution < -0.4 is 14.4 Å². The van der Waals surface area contributed by atoms with Gasteiger partial charge in [0.15, 0.2) is 11.5 Å². The number of hydrogen-bond acceptors (Lipinski definition) is 3. The Morgan fingerprint density at radius 3 is 2.11 bits per heavy atom. The average Bonchev–Trinajstić information content (AvgIpc) is 3.71. The molecule has 12 rings (SSSR count). The Hall–Kier alpha value is -6.84. The predicted molar refractivity (Wildman–Crippen MR) is 218 cm³/mol. The van der Waals surface area contributed by atoms with E-state index in [4.69, 9.17) is 9.47 Å². The van der Waals surface area contributed by atoms with Gasteiger partial charge in [-0.2, -0.15) is 0 Å². The van der Waals surface area contributed by atoms with Crippen molar-refractivity contribution in [2.24, 2.45) is 0 Å². The molecule has 0 fully saturated rings. The van der Waals surface area contributed by atoms with Gasteiger partial charge < -0.3 is 14.4 Å². The van der Waals surface area contributed by atoms with Crippen LogP contribution in [0.3, 0.4) is 0 Å². The highest BCUT2D eigenvalue weighted by Gasteiger charge is 2.60. The fourth-order valence-electron chi connectivity index (χ4n) is 9.95. The van der Waals surface area contributed by atoms with Gasteiger partial charge in [-0.05, 0) is 123 Å². The van der Waals surface area contributed by atoms with Gasteiger partial charge in [0, 0.05) is 17.2 Å². The molecule has 7 aromatic carbocycles. The van der Waals surface area contributed by atoms with Crippen molar-refractivity contribution in [2.45, 2.75) is 18.3 Å². The summed E-state index contributed by atoms with van der Waals surface area (Å²) in [6, 6.07) is 54.5. The second-order valence-electron chi connectivity index (χ2n) is 14.8. The summed E-state index contributed by atoms with van der Waals surface area (Å²) in [5.41, 5.74) is 18.4. The lowest BCUT2D eigenvalue weighted by Crippen LogP contribution is -2.24. The van der Waals surface area contributed by atoms with Crippen molar-refractivity contribution in [1.82, 2.24) is 0 Å². The number of aryl methyl sites for hydroxylation is 1. The second kappa shape index (κ2) is 10.8. The van der Waals surface area contributed by atoms with Crippen LogP contribution in [0.15, 0.2) is 182 Å². The maximum atomic E-state index is 6.87. The Morgan fingerprint density at radius 1 is 0.593 bits per heavy atom. The normalized spacial score (nSPS) is 18.6. The van der Waals surface area contributed by atoms with E-state index in [1.165, 1.54) is 61.2 Å². The molecule has 0 bridgehead atoms. The van der Waals surface area contributed by atoms with Crippen molar-refractivity contribution in [3.05, 3.63) is 215 Å². The van der Waals surface area contributed by atoms with Crippen LogP contribution in [0.1, 0.15) is 39.3 Å². The summed E-state index contributed by atoms with van der Waals surface area (Å²) < 4.78 is 13.2. The van der Waals surface area contributed by atoms with Gasteiger partial charge in [0.1, 0.15) is 11.5 Å². The Morgan fingerprint density at radius 2 is 1.30 bits per heavy atom. The molecule has 5 aliphatic rings. The number of fused-ring (bicyclic) bond motifs is 7. The minimum atomic E-state index is -0.405. The average molecular weight is 692 g/mol. The van der Waals surface area contributed by atoms with E-state index in [0.717, 1.165) is 45.6 Å². The molecular weight excluding hydrogens is 659 g/mol. The van der Waals surface area contributed by atoms with E-state index in [1.807, 2.05) is 24.3 Å². The quantitative estimate of drug-likeness (QED) is 0.183. The first-order chi connectivity index (χ1) is 26.7. The van der Waals surface area contributed by atoms with Crippen LogP contribution in [-0.4, -0.2) is 0 Å². The summed E-state index contributed by atoms with van der Waals surface area (Å²) >= 11 is 0. The second-order valence-corrected chi connectivity index (χ2v) is 14.8. The van der Waals surface area contributed by atoms with E-state index in [-0.39, 0.29) is 5.92 Å². The molecule has 2 unspecified atom stereocenters. The smallest absolute Gasteiger partial charge is 0.151 e. The molecule has 3 nitrogen and oxygen atoms in total. The Labute approximate surface area is 314 Å². The van der Waals surface area contributed by atoms with Crippen LogP contribution in [0.2, 0.25) is 0 Å². The molecule has 0 N–H and O–H groups in total. The van der Waals surface area contributed by atoms with E-state index < -0.39 is 5.41 Å². The highest BCUT2D eigenvalue weighted by Crippen LogP contribution is 2.72. The van der Waals surface area contributed by atoms with Gasteiger partial charge in [0.2, 0.25) is 0 Å². The van der Waals surface area contributed by atoms with Crippen LogP contribution in [-0.2, 0) is 5.41 Å². The van der Waals surface area contributed by atoms with Crippen molar-refractivity contribution in [1.29, 1.82) is 0 Å². The van der Waals surface area contributed by atoms with Gasteiger partial charge in [-0.15, -0.1) is 0 Å². The fourth-order valence-corrected chi connectivity index (χ4v) is 9.95. The molecule has 1 spiro atoms. The van der Waals surface area contributed by atoms with Crippen molar-refractivity contribution >= 4 is 22.6 Å². The predicted octanol–water partition coefficient (Wildman–Crippen LogP) is 13.3. The lowest BCUT2D eigenvalue weighted by Gasteiger charge is -2.32. The van der Waals surface area contributed by atoms with Gasteiger partial charge in [-0.25, -0.2) is 0 Å². The minimum Gasteiger partial charge on any atom is -0.457 e. The van der Waals surface area contributed by atoms with E-state index in [1.54, 1.807) is 0 Å². The Bertz CT molecular complexity index is 2810. The number of rotatable bonds is 4. The summed E-state index contributed by atoms with van der Waals surface area (Å²) in [7, 11) is 0. The number of anilines is 3. The first-order valence-corrected chi connectivity index (χ1v) is 18.7. The molecule has 4 aliphatic carbocycles. The third-order valence-corrected chi connectivity index (χ3v) is 12.1. The Kier molecular flexibility index (Phi) is 5.97. The Balaban J connectivity index is 1.03. The topological polar surface area (TPSA) is 21.7 Å². The van der Waals surface area contributed by atoms with E-state index >= 15 is 0 Å². The molecule has 2 atom stereocenters. The highest BCUT2D eigenvalue weighted by atomic mass is 16.5. The van der Waals surface area contributed by atoms with Crippen molar-refractivity contribution < 1.29 is 9.47 Å². The van der Waals surface area contributed by atoms with Crippen molar-refractivity contribution in [3.8, 4) is 45.3 Å². The largest absolute Gasteiger partial charge is 0.457 e. The third kappa shape index (κ3) is 3.80. The first kappa shape index (κ1) is 29.7. The molecule has 0 saturated carbocycles. The molecule has 7 aromatic rings. The van der Waals surface area contributed by atoms with E-state index in [0.29, 0.717) is 0 Å². The summed E-state index contributed by atoms with van der Waals surface area (Å²) in [5, 5.41) is 0. The molecule has 0 aromatic heterocycles. The van der Waals surface area contributed by atoms with Gasteiger partial charge in [0.05, 0.1) is 16.8 Å². The van der Waals surface area contributed by atoms with Gasteiger partial charge in [0.25, 0.3) is 0 Å². The number of ether oxygens (including phenoxy) is 2. The van der Waals surface area contributed by atoms with Gasteiger partial charge in [-0.3, -0.25) is 0 Å². The van der Waals surface area contributed by atoms with Crippen LogP contribution in [0, 0.1) is 6.92 Å². The lowest BCUT2D eigenvalue weighted by atomic mass is 9.71. The highest BCUT2D eigenvalue weighted by molar-refractivity contribution is 6.02. The molecule has 1 aliphatic heterocycles. The zero-order valence-electron chi connectivity index (χ0n) is 29.6. The van der Waals surface area contributed by atoms with E-state index in [9.17, 15) is 0 Å². The maximum absolute atomic E-state index is 6.87. The van der Waals surface area contributed by atoms with E-state index in [2.05, 4.69) is 164 Å².